The van der Waals surface area contributed by atoms with Crippen molar-refractivity contribution in [2.75, 3.05) is 25.3 Å². The van der Waals surface area contributed by atoms with Gasteiger partial charge in [-0.1, -0.05) is 23.2 Å². The minimum absolute atomic E-state index is 0.146. The summed E-state index contributed by atoms with van der Waals surface area (Å²) < 4.78 is 11.1. The van der Waals surface area contributed by atoms with Crippen LogP contribution in [-0.4, -0.2) is 47.1 Å². The molecule has 0 saturated carbocycles. The Kier molecular flexibility index (Phi) is 8.44. The van der Waals surface area contributed by atoms with Crippen molar-refractivity contribution in [1.29, 1.82) is 0 Å². The number of benzene rings is 3. The Bertz CT molecular complexity index is 1550. The molecule has 1 aliphatic rings. The quantitative estimate of drug-likeness (QED) is 0.237. The van der Waals surface area contributed by atoms with Crippen LogP contribution in [0, 0.1) is 6.92 Å². The Morgan fingerprint density at radius 2 is 1.85 bits per heavy atom. The van der Waals surface area contributed by atoms with Gasteiger partial charge in [-0.05, 0) is 79.2 Å². The standard InChI is InChI=1S/C30H30ClN5O3S/c1-18-4-13-25-20(14-18)15-24(29(34-25)39-3)27-16-26(19-5-11-23(38-2)12-6-19)35-36(27)30(32)40-17-28(37)33-22-9-7-21(31)8-10-22/h4-15,27,30H,16-17,32H2,1-3H3,(H,33,37). The average Bonchev–Trinajstić information content (AvgIpc) is 3.42. The summed E-state index contributed by atoms with van der Waals surface area (Å²) in [6, 6.07) is 22.7. The minimum atomic E-state index is -0.602. The number of carbonyl (C=O) groups excluding carboxylic acids is 1. The number of nitrogens with one attached hydrogen (secondary N) is 1. The molecule has 1 aromatic heterocycles. The molecule has 40 heavy (non-hydrogen) atoms. The van der Waals surface area contributed by atoms with E-state index in [1.807, 2.05) is 41.4 Å². The molecule has 3 aromatic carbocycles. The Morgan fingerprint density at radius 3 is 2.55 bits per heavy atom. The molecule has 2 unspecified atom stereocenters. The predicted molar refractivity (Wildman–Crippen MR) is 162 cm³/mol. The number of hydrazone groups is 1. The molecule has 3 N–H and O–H groups in total. The van der Waals surface area contributed by atoms with Gasteiger partial charge in [-0.3, -0.25) is 9.80 Å². The van der Waals surface area contributed by atoms with Crippen LogP contribution in [-0.2, 0) is 4.79 Å². The number of nitrogens with two attached hydrogens (primary N) is 1. The molecule has 0 bridgehead atoms. The predicted octanol–water partition coefficient (Wildman–Crippen LogP) is 5.98. The first-order valence-electron chi connectivity index (χ1n) is 12.7. The molecule has 8 nitrogen and oxygen atoms in total. The molecule has 10 heteroatoms. The lowest BCUT2D eigenvalue weighted by atomic mass is 9.97. The van der Waals surface area contributed by atoms with Crippen LogP contribution in [0.25, 0.3) is 10.9 Å². The summed E-state index contributed by atoms with van der Waals surface area (Å²) in [6.45, 7) is 2.05. The molecule has 0 fully saturated rings. The van der Waals surface area contributed by atoms with Crippen molar-refractivity contribution in [3.63, 3.8) is 0 Å². The minimum Gasteiger partial charge on any atom is -0.497 e. The zero-order chi connectivity index (χ0) is 28.2. The van der Waals surface area contributed by atoms with E-state index in [1.54, 1.807) is 38.5 Å². The third-order valence-corrected chi connectivity index (χ3v) is 7.89. The lowest BCUT2D eigenvalue weighted by Gasteiger charge is -2.29. The SMILES string of the molecule is COc1ccc(C2=NN(C(N)SCC(=O)Nc3ccc(Cl)cc3)C(c3cc4cc(C)ccc4nc3OC)C2)cc1. The van der Waals surface area contributed by atoms with Crippen LogP contribution in [0.15, 0.2) is 77.9 Å². The van der Waals surface area contributed by atoms with Crippen molar-refractivity contribution in [3.8, 4) is 11.6 Å². The number of fused-ring (bicyclic) bond motifs is 1. The van der Waals surface area contributed by atoms with E-state index >= 15 is 0 Å². The van der Waals surface area contributed by atoms with Crippen molar-refractivity contribution >= 4 is 51.6 Å². The summed E-state index contributed by atoms with van der Waals surface area (Å²) >= 11 is 7.25. The van der Waals surface area contributed by atoms with E-state index in [2.05, 4.69) is 24.4 Å². The highest BCUT2D eigenvalue weighted by Gasteiger charge is 2.35. The zero-order valence-electron chi connectivity index (χ0n) is 22.4. The highest BCUT2D eigenvalue weighted by atomic mass is 35.5. The fraction of sp³-hybridized carbons (Fsp3) is 0.233. The number of aromatic nitrogens is 1. The van der Waals surface area contributed by atoms with Crippen molar-refractivity contribution in [3.05, 3.63) is 94.5 Å². The number of amides is 1. The second-order valence-corrected chi connectivity index (χ2v) is 11.0. The van der Waals surface area contributed by atoms with Crippen LogP contribution in [0.4, 0.5) is 5.69 Å². The van der Waals surface area contributed by atoms with Crippen LogP contribution in [0.5, 0.6) is 11.6 Å². The summed E-state index contributed by atoms with van der Waals surface area (Å²) in [6.07, 6.45) is 0.590. The summed E-state index contributed by atoms with van der Waals surface area (Å²) in [7, 11) is 3.26. The molecule has 4 aromatic rings. The first-order chi connectivity index (χ1) is 19.3. The van der Waals surface area contributed by atoms with Crippen LogP contribution >= 0.6 is 23.4 Å². The van der Waals surface area contributed by atoms with Crippen LogP contribution in [0.3, 0.4) is 0 Å². The number of aryl methyl sites for hydroxylation is 1. The van der Waals surface area contributed by atoms with Gasteiger partial charge in [0.2, 0.25) is 11.8 Å². The molecule has 2 atom stereocenters. The largest absolute Gasteiger partial charge is 0.497 e. The first kappa shape index (κ1) is 27.8. The molecule has 0 radical (unpaired) electrons. The number of nitrogens with zero attached hydrogens (tertiary/aromatic N) is 3. The second kappa shape index (κ2) is 12.2. The highest BCUT2D eigenvalue weighted by Crippen LogP contribution is 2.40. The fourth-order valence-corrected chi connectivity index (χ4v) is 5.50. The maximum atomic E-state index is 12.7. The van der Waals surface area contributed by atoms with Crippen molar-refractivity contribution in [1.82, 2.24) is 9.99 Å². The summed E-state index contributed by atoms with van der Waals surface area (Å²) in [5, 5.41) is 11.3. The number of methoxy groups -OCH3 is 2. The number of anilines is 1. The summed E-state index contributed by atoms with van der Waals surface area (Å²) in [5.41, 5.74) is 11.5. The molecule has 2 heterocycles. The first-order valence-corrected chi connectivity index (χ1v) is 14.2. The van der Waals surface area contributed by atoms with Gasteiger partial charge in [0.05, 0.1) is 37.2 Å². The molecule has 206 valence electrons. The van der Waals surface area contributed by atoms with Gasteiger partial charge in [0.1, 0.15) is 11.2 Å². The number of carbonyl (C=O) groups is 1. The van der Waals surface area contributed by atoms with E-state index in [1.165, 1.54) is 11.8 Å². The van der Waals surface area contributed by atoms with Crippen LogP contribution < -0.4 is 20.5 Å². The van der Waals surface area contributed by atoms with E-state index in [4.69, 9.17) is 36.9 Å². The molecule has 1 aliphatic heterocycles. The molecule has 0 saturated heterocycles. The molecule has 5 rings (SSSR count). The normalized spacial score (nSPS) is 15.6. The lowest BCUT2D eigenvalue weighted by Crippen LogP contribution is -2.37. The van der Waals surface area contributed by atoms with Gasteiger partial charge in [-0.15, -0.1) is 11.8 Å². The summed E-state index contributed by atoms with van der Waals surface area (Å²) in [5.74, 6) is 1.27. The Labute approximate surface area is 242 Å². The fourth-order valence-electron chi connectivity index (χ4n) is 4.64. The lowest BCUT2D eigenvalue weighted by molar-refractivity contribution is -0.113. The number of hydrogen-bond donors (Lipinski definition) is 2. The third-order valence-electron chi connectivity index (χ3n) is 6.65. The topological polar surface area (TPSA) is 102 Å². The van der Waals surface area contributed by atoms with E-state index < -0.39 is 5.50 Å². The van der Waals surface area contributed by atoms with E-state index in [0.717, 1.165) is 39.1 Å². The zero-order valence-corrected chi connectivity index (χ0v) is 24.0. The van der Waals surface area contributed by atoms with Crippen molar-refractivity contribution in [2.45, 2.75) is 24.9 Å². The van der Waals surface area contributed by atoms with Gasteiger partial charge >= 0.3 is 0 Å². The van der Waals surface area contributed by atoms with Gasteiger partial charge in [-0.25, -0.2) is 4.98 Å². The molecular formula is C30H30ClN5O3S. The van der Waals surface area contributed by atoms with Gasteiger partial charge in [0.15, 0.2) is 0 Å². The molecule has 0 aliphatic carbocycles. The van der Waals surface area contributed by atoms with Gasteiger partial charge in [-0.2, -0.15) is 5.10 Å². The van der Waals surface area contributed by atoms with Gasteiger partial charge < -0.3 is 20.5 Å². The van der Waals surface area contributed by atoms with E-state index in [9.17, 15) is 4.79 Å². The van der Waals surface area contributed by atoms with Gasteiger partial charge in [0, 0.05) is 28.1 Å². The Morgan fingerprint density at radius 1 is 1.10 bits per heavy atom. The number of rotatable bonds is 9. The smallest absolute Gasteiger partial charge is 0.234 e. The van der Waals surface area contributed by atoms with Crippen molar-refractivity contribution < 1.29 is 14.3 Å². The maximum absolute atomic E-state index is 12.7. The second-order valence-electron chi connectivity index (χ2n) is 9.41. The molecule has 0 spiro atoms. The van der Waals surface area contributed by atoms with Gasteiger partial charge in [0.25, 0.3) is 0 Å². The maximum Gasteiger partial charge on any atom is 0.234 e. The molecule has 1 amide bonds. The Hall–Kier alpha value is -3.79. The monoisotopic (exact) mass is 575 g/mol. The Balaban J connectivity index is 1.42. The molecular weight excluding hydrogens is 546 g/mol. The van der Waals surface area contributed by atoms with E-state index in [-0.39, 0.29) is 17.7 Å². The number of ether oxygens (including phenoxy) is 2. The number of pyridine rings is 1. The van der Waals surface area contributed by atoms with Crippen LogP contribution in [0.2, 0.25) is 5.02 Å². The number of hydrogen-bond acceptors (Lipinski definition) is 8. The number of halogens is 1. The highest BCUT2D eigenvalue weighted by molar-refractivity contribution is 8.00. The van der Waals surface area contributed by atoms with Crippen molar-refractivity contribution in [2.24, 2.45) is 10.8 Å². The number of thioether (sulfide) groups is 1. The van der Waals surface area contributed by atoms with E-state index in [0.29, 0.717) is 23.0 Å². The third kappa shape index (κ3) is 6.17. The van der Waals surface area contributed by atoms with Crippen LogP contribution in [0.1, 0.15) is 29.2 Å². The summed E-state index contributed by atoms with van der Waals surface area (Å²) in [4.78, 5) is 17.5. The average molecular weight is 576 g/mol.